The van der Waals surface area contributed by atoms with Gasteiger partial charge in [0, 0.05) is 0 Å². The summed E-state index contributed by atoms with van der Waals surface area (Å²) in [5, 5.41) is 15.3. The molecule has 0 fully saturated rings. The van der Waals surface area contributed by atoms with E-state index in [0.717, 1.165) is 0 Å². The van der Waals surface area contributed by atoms with E-state index in [9.17, 15) is 0 Å². The molecule has 0 aromatic carbocycles. The number of carbonyl (C=O) groups is 1. The number of rotatable bonds is 0. The summed E-state index contributed by atoms with van der Waals surface area (Å²) in [6.45, 7) is 0. The Hall–Kier alpha value is 0.841. The average molecular weight is 199 g/mol. The standard InChI is InChI=1S/CH2O3.Ba.H/c2-1(3)4;;/h(H2,2,3,4);;/q;+2;-1/p-1. The monoisotopic (exact) mass is 200 g/mol. The quantitative estimate of drug-likeness (QED) is 0.489. The maximum atomic E-state index is 8.44. The fourth-order valence-corrected chi connectivity index (χ4v) is 0. The molecule has 0 saturated carbocycles. The molecule has 0 amide bonds. The normalized spacial score (nSPS) is 4.80. The van der Waals surface area contributed by atoms with Crippen molar-refractivity contribution in [2.75, 3.05) is 0 Å². The van der Waals surface area contributed by atoms with Crippen LogP contribution in [-0.2, 0) is 0 Å². The third kappa shape index (κ3) is 55.2. The van der Waals surface area contributed by atoms with Crippen LogP contribution in [-0.4, -0.2) is 60.1 Å². The molecule has 0 aliphatic heterocycles. The fraction of sp³-hybridized carbons (Fsp3) is 0. The van der Waals surface area contributed by atoms with Gasteiger partial charge in [-0.2, -0.15) is 0 Å². The molecular weight excluding hydrogens is 197 g/mol. The summed E-state index contributed by atoms with van der Waals surface area (Å²) in [5.41, 5.74) is 0. The summed E-state index contributed by atoms with van der Waals surface area (Å²) in [5.74, 6) is 0. The van der Waals surface area contributed by atoms with Crippen LogP contribution in [0.2, 0.25) is 0 Å². The molecule has 0 spiro atoms. The molecule has 0 radical (unpaired) electrons. The zero-order chi connectivity index (χ0) is 3.58. The van der Waals surface area contributed by atoms with E-state index in [4.69, 9.17) is 15.0 Å². The first-order chi connectivity index (χ1) is 1.73. The third-order valence-electron chi connectivity index (χ3n) is 0. The summed E-state index contributed by atoms with van der Waals surface area (Å²) in [6, 6.07) is 0. The summed E-state index contributed by atoms with van der Waals surface area (Å²) in [7, 11) is 0. The molecule has 0 atom stereocenters. The van der Waals surface area contributed by atoms with Crippen molar-refractivity contribution in [1.29, 1.82) is 0 Å². The number of hydrogen-bond donors (Lipinski definition) is 1. The second-order valence-corrected chi connectivity index (χ2v) is 0.266. The van der Waals surface area contributed by atoms with E-state index >= 15 is 0 Å². The molecule has 0 saturated heterocycles. The molecule has 0 bridgehead atoms. The van der Waals surface area contributed by atoms with E-state index in [1.54, 1.807) is 0 Å². The van der Waals surface area contributed by atoms with Gasteiger partial charge in [0.25, 0.3) is 0 Å². The van der Waals surface area contributed by atoms with Crippen molar-refractivity contribution in [2.24, 2.45) is 0 Å². The van der Waals surface area contributed by atoms with Crippen LogP contribution in [0.4, 0.5) is 4.79 Å². The summed E-state index contributed by atoms with van der Waals surface area (Å²) < 4.78 is 0. The van der Waals surface area contributed by atoms with Crippen LogP contribution >= 0.6 is 0 Å². The van der Waals surface area contributed by atoms with Crippen LogP contribution < -0.4 is 5.11 Å². The van der Waals surface area contributed by atoms with Crippen LogP contribution in [0.5, 0.6) is 0 Å². The van der Waals surface area contributed by atoms with Crippen molar-refractivity contribution >= 4 is 55.0 Å². The van der Waals surface area contributed by atoms with Crippen molar-refractivity contribution in [3.8, 4) is 0 Å². The molecule has 0 heterocycles. The van der Waals surface area contributed by atoms with Gasteiger partial charge in [0.15, 0.2) is 0 Å². The van der Waals surface area contributed by atoms with Crippen LogP contribution in [0.3, 0.4) is 0 Å². The zero-order valence-electron chi connectivity index (χ0n) is 3.47. The van der Waals surface area contributed by atoms with Gasteiger partial charge in [0.1, 0.15) is 0 Å². The average Bonchev–Trinajstić information content (AvgIpc) is 0.811. The Morgan fingerprint density at radius 2 is 2.00 bits per heavy atom. The van der Waals surface area contributed by atoms with E-state index in [-0.39, 0.29) is 50.3 Å². The summed E-state index contributed by atoms with van der Waals surface area (Å²) in [4.78, 5) is 8.44. The Labute approximate surface area is 70.6 Å². The Bertz CT molecular complexity index is 33.8. The van der Waals surface area contributed by atoms with Gasteiger partial charge in [-0.15, -0.1) is 0 Å². The van der Waals surface area contributed by atoms with Crippen LogP contribution in [0.15, 0.2) is 0 Å². The fourth-order valence-electron chi connectivity index (χ4n) is 0. The molecule has 0 aromatic heterocycles. The largest absolute Gasteiger partial charge is 2.00 e. The summed E-state index contributed by atoms with van der Waals surface area (Å²) >= 11 is 0. The Morgan fingerprint density at radius 1 is 2.00 bits per heavy atom. The van der Waals surface area contributed by atoms with Gasteiger partial charge >= 0.3 is 48.9 Å². The van der Waals surface area contributed by atoms with Gasteiger partial charge < -0.3 is 16.4 Å². The second-order valence-electron chi connectivity index (χ2n) is 0.266. The molecule has 0 rings (SSSR count). The first-order valence-corrected chi connectivity index (χ1v) is 0.632. The number of carboxylic acid groups (broad SMARTS) is 2. The van der Waals surface area contributed by atoms with Crippen molar-refractivity contribution < 1.29 is 16.4 Å². The van der Waals surface area contributed by atoms with Crippen molar-refractivity contribution in [3.05, 3.63) is 0 Å². The predicted molar refractivity (Wildman–Crippen MR) is 14.9 cm³/mol. The molecule has 3 nitrogen and oxygen atoms in total. The van der Waals surface area contributed by atoms with Crippen molar-refractivity contribution in [2.45, 2.75) is 0 Å². The zero-order valence-corrected chi connectivity index (χ0v) is 6.91. The van der Waals surface area contributed by atoms with Gasteiger partial charge in [0.2, 0.25) is 6.16 Å². The molecule has 0 unspecified atom stereocenters. The molecule has 4 heteroatoms. The first kappa shape index (κ1) is 9.28. The molecule has 0 aliphatic carbocycles. The van der Waals surface area contributed by atoms with E-state index < -0.39 is 6.16 Å². The molecular formula is CH2BaO3. The van der Waals surface area contributed by atoms with Crippen LogP contribution in [0.25, 0.3) is 0 Å². The predicted octanol–water partition coefficient (Wildman–Crippen LogP) is -1.38. The number of hydrogen-bond acceptors (Lipinski definition) is 2. The molecule has 5 heavy (non-hydrogen) atoms. The van der Waals surface area contributed by atoms with Crippen molar-refractivity contribution in [3.63, 3.8) is 0 Å². The Kier molecular flexibility index (Phi) is 8.98. The van der Waals surface area contributed by atoms with Gasteiger partial charge in [-0.25, -0.2) is 0 Å². The van der Waals surface area contributed by atoms with Gasteiger partial charge in [-0.05, 0) is 0 Å². The Morgan fingerprint density at radius 3 is 2.00 bits per heavy atom. The molecule has 0 aromatic rings. The molecule has 1 N–H and O–H groups in total. The Balaban J connectivity index is -0.0000000450. The summed E-state index contributed by atoms with van der Waals surface area (Å²) in [6.07, 6.45) is -2.08. The van der Waals surface area contributed by atoms with Gasteiger partial charge in [-0.3, -0.25) is 0 Å². The minimum atomic E-state index is -2.08. The smallest absolute Gasteiger partial charge is 1.00 e. The second kappa shape index (κ2) is 4.84. The maximum absolute atomic E-state index is 8.44. The minimum Gasteiger partial charge on any atom is -1.00 e. The van der Waals surface area contributed by atoms with Gasteiger partial charge in [-0.1, -0.05) is 0 Å². The van der Waals surface area contributed by atoms with E-state index in [0.29, 0.717) is 0 Å². The van der Waals surface area contributed by atoms with Gasteiger partial charge in [0.05, 0.1) is 0 Å². The van der Waals surface area contributed by atoms with Crippen LogP contribution in [0.1, 0.15) is 1.43 Å². The van der Waals surface area contributed by atoms with E-state index in [2.05, 4.69) is 0 Å². The maximum Gasteiger partial charge on any atom is 2.00 e. The minimum absolute atomic E-state index is 0. The molecule has 26 valence electrons. The first-order valence-electron chi connectivity index (χ1n) is 0.632. The van der Waals surface area contributed by atoms with E-state index in [1.807, 2.05) is 0 Å². The molecule has 0 aliphatic rings. The third-order valence-corrected chi connectivity index (χ3v) is 0. The SMILES string of the molecule is O=C([O-])O.[Ba+2].[H-]. The van der Waals surface area contributed by atoms with Crippen molar-refractivity contribution in [1.82, 2.24) is 0 Å². The van der Waals surface area contributed by atoms with Crippen LogP contribution in [0, 0.1) is 0 Å². The topological polar surface area (TPSA) is 60.4 Å². The van der Waals surface area contributed by atoms with E-state index in [1.165, 1.54) is 0 Å².